The minimum absolute atomic E-state index is 0.109. The molecule has 23 heavy (non-hydrogen) atoms. The van der Waals surface area contributed by atoms with Gasteiger partial charge in [-0.05, 0) is 37.3 Å². The highest BCUT2D eigenvalue weighted by molar-refractivity contribution is 5.99. The van der Waals surface area contributed by atoms with Gasteiger partial charge in [0, 0.05) is 18.7 Å². The standard InChI is InChI=1S/C17H17N5O/c18-6-5-11-3-4-12(8-11)22-15(10-23)21-14-9-20-13-2-1-7-19-16(13)17(14)22/h1-2,7,9,11-12,23H,3-5,8,10H2/t11-,12-/m0/s1. The lowest BCUT2D eigenvalue weighted by Crippen LogP contribution is -2.10. The summed E-state index contributed by atoms with van der Waals surface area (Å²) in [5.74, 6) is 1.08. The molecule has 0 amide bonds. The van der Waals surface area contributed by atoms with Gasteiger partial charge in [-0.3, -0.25) is 9.97 Å². The third kappa shape index (κ3) is 2.25. The molecule has 0 radical (unpaired) electrons. The van der Waals surface area contributed by atoms with Gasteiger partial charge in [-0.25, -0.2) is 4.98 Å². The van der Waals surface area contributed by atoms with Crippen molar-refractivity contribution in [3.63, 3.8) is 0 Å². The Morgan fingerprint density at radius 1 is 1.30 bits per heavy atom. The maximum atomic E-state index is 9.74. The van der Waals surface area contributed by atoms with Gasteiger partial charge in [0.25, 0.3) is 0 Å². The van der Waals surface area contributed by atoms with Crippen molar-refractivity contribution in [2.24, 2.45) is 5.92 Å². The molecule has 2 atom stereocenters. The van der Waals surface area contributed by atoms with Crippen molar-refractivity contribution < 1.29 is 5.11 Å². The molecular weight excluding hydrogens is 290 g/mol. The summed E-state index contributed by atoms with van der Waals surface area (Å²) in [7, 11) is 0. The van der Waals surface area contributed by atoms with Crippen molar-refractivity contribution in [3.8, 4) is 6.07 Å². The van der Waals surface area contributed by atoms with Crippen LogP contribution in [0.5, 0.6) is 0 Å². The van der Waals surface area contributed by atoms with E-state index in [-0.39, 0.29) is 12.6 Å². The first-order valence-electron chi connectivity index (χ1n) is 7.90. The lowest BCUT2D eigenvalue weighted by Gasteiger charge is -2.16. The Hall–Kier alpha value is -2.52. The zero-order chi connectivity index (χ0) is 15.8. The summed E-state index contributed by atoms with van der Waals surface area (Å²) < 4.78 is 2.13. The number of fused-ring (bicyclic) bond motifs is 3. The molecule has 0 spiro atoms. The first kappa shape index (κ1) is 14.1. The van der Waals surface area contributed by atoms with Gasteiger partial charge in [-0.2, -0.15) is 5.26 Å². The minimum atomic E-state index is -0.109. The number of aliphatic hydroxyl groups excluding tert-OH is 1. The number of pyridine rings is 2. The van der Waals surface area contributed by atoms with E-state index in [1.54, 1.807) is 12.4 Å². The van der Waals surface area contributed by atoms with Crippen LogP contribution in [-0.2, 0) is 6.61 Å². The quantitative estimate of drug-likeness (QED) is 0.803. The fourth-order valence-electron chi connectivity index (χ4n) is 3.74. The van der Waals surface area contributed by atoms with E-state index >= 15 is 0 Å². The van der Waals surface area contributed by atoms with E-state index in [9.17, 15) is 5.11 Å². The number of aliphatic hydroxyl groups is 1. The number of rotatable bonds is 3. The molecule has 0 bridgehead atoms. The highest BCUT2D eigenvalue weighted by atomic mass is 16.3. The predicted molar refractivity (Wildman–Crippen MR) is 85.4 cm³/mol. The first-order chi connectivity index (χ1) is 11.3. The molecule has 3 aromatic rings. The van der Waals surface area contributed by atoms with E-state index in [0.717, 1.165) is 41.3 Å². The number of nitrogens with zero attached hydrogens (tertiary/aromatic N) is 5. The smallest absolute Gasteiger partial charge is 0.136 e. The van der Waals surface area contributed by atoms with Gasteiger partial charge in [0.15, 0.2) is 0 Å². The Bertz CT molecular complexity index is 910. The molecule has 1 fully saturated rings. The normalized spacial score (nSPS) is 21.0. The number of imidazole rings is 1. The van der Waals surface area contributed by atoms with E-state index in [1.807, 2.05) is 12.1 Å². The lowest BCUT2D eigenvalue weighted by molar-refractivity contribution is 0.261. The topological polar surface area (TPSA) is 87.6 Å². The fourth-order valence-corrected chi connectivity index (χ4v) is 3.74. The van der Waals surface area contributed by atoms with Gasteiger partial charge in [0.2, 0.25) is 0 Å². The Morgan fingerprint density at radius 2 is 2.22 bits per heavy atom. The van der Waals surface area contributed by atoms with Gasteiger partial charge in [-0.15, -0.1) is 0 Å². The molecule has 0 aliphatic heterocycles. The summed E-state index contributed by atoms with van der Waals surface area (Å²) in [5, 5.41) is 18.7. The molecular formula is C17H17N5O. The van der Waals surface area contributed by atoms with E-state index in [2.05, 4.69) is 25.6 Å². The minimum Gasteiger partial charge on any atom is -0.388 e. The van der Waals surface area contributed by atoms with Gasteiger partial charge < -0.3 is 9.67 Å². The molecule has 6 heteroatoms. The van der Waals surface area contributed by atoms with Crippen LogP contribution in [0, 0.1) is 17.2 Å². The number of nitriles is 1. The van der Waals surface area contributed by atoms with Crippen LogP contribution in [0.25, 0.3) is 22.1 Å². The fraction of sp³-hybridized carbons (Fsp3) is 0.412. The maximum Gasteiger partial charge on any atom is 0.136 e. The average molecular weight is 307 g/mol. The summed E-state index contributed by atoms with van der Waals surface area (Å²) >= 11 is 0. The number of aromatic nitrogens is 4. The van der Waals surface area contributed by atoms with E-state index in [4.69, 9.17) is 5.26 Å². The zero-order valence-electron chi connectivity index (χ0n) is 12.7. The molecule has 116 valence electrons. The van der Waals surface area contributed by atoms with Crippen LogP contribution in [0.1, 0.15) is 37.5 Å². The van der Waals surface area contributed by atoms with Crippen LogP contribution in [0.15, 0.2) is 24.5 Å². The van der Waals surface area contributed by atoms with Crippen LogP contribution in [0.2, 0.25) is 0 Å². The Labute approximate surface area is 133 Å². The predicted octanol–water partition coefficient (Wildman–Crippen LogP) is 2.73. The van der Waals surface area contributed by atoms with E-state index in [0.29, 0.717) is 18.2 Å². The monoisotopic (exact) mass is 307 g/mol. The van der Waals surface area contributed by atoms with Crippen LogP contribution >= 0.6 is 0 Å². The number of hydrogen-bond acceptors (Lipinski definition) is 5. The van der Waals surface area contributed by atoms with Crippen molar-refractivity contribution in [2.75, 3.05) is 0 Å². The van der Waals surface area contributed by atoms with Crippen LogP contribution in [-0.4, -0.2) is 24.6 Å². The third-order valence-corrected chi connectivity index (χ3v) is 4.75. The molecule has 3 heterocycles. The maximum absolute atomic E-state index is 9.74. The van der Waals surface area contributed by atoms with Gasteiger partial charge in [0.05, 0.1) is 23.3 Å². The molecule has 3 aromatic heterocycles. The molecule has 6 nitrogen and oxygen atoms in total. The Kier molecular flexibility index (Phi) is 3.43. The Morgan fingerprint density at radius 3 is 3.04 bits per heavy atom. The largest absolute Gasteiger partial charge is 0.388 e. The molecule has 1 aliphatic carbocycles. The van der Waals surface area contributed by atoms with E-state index < -0.39 is 0 Å². The van der Waals surface area contributed by atoms with Crippen LogP contribution < -0.4 is 0 Å². The van der Waals surface area contributed by atoms with Crippen LogP contribution in [0.4, 0.5) is 0 Å². The van der Waals surface area contributed by atoms with Crippen LogP contribution in [0.3, 0.4) is 0 Å². The number of hydrogen-bond donors (Lipinski definition) is 1. The Balaban J connectivity index is 1.91. The molecule has 0 saturated heterocycles. The second-order valence-electron chi connectivity index (χ2n) is 6.11. The third-order valence-electron chi connectivity index (χ3n) is 4.75. The summed E-state index contributed by atoms with van der Waals surface area (Å²) in [6.07, 6.45) is 7.09. The summed E-state index contributed by atoms with van der Waals surface area (Å²) in [4.78, 5) is 13.4. The molecule has 1 N–H and O–H groups in total. The zero-order valence-corrected chi connectivity index (χ0v) is 12.7. The van der Waals surface area contributed by atoms with Crippen molar-refractivity contribution in [1.29, 1.82) is 5.26 Å². The van der Waals surface area contributed by atoms with Gasteiger partial charge >= 0.3 is 0 Å². The molecule has 0 aromatic carbocycles. The highest BCUT2D eigenvalue weighted by Crippen LogP contribution is 2.39. The van der Waals surface area contributed by atoms with Crippen molar-refractivity contribution in [2.45, 2.75) is 38.3 Å². The second-order valence-corrected chi connectivity index (χ2v) is 6.11. The summed E-state index contributed by atoms with van der Waals surface area (Å²) in [6, 6.07) is 6.34. The van der Waals surface area contributed by atoms with E-state index in [1.165, 1.54) is 0 Å². The molecule has 1 aliphatic rings. The first-order valence-corrected chi connectivity index (χ1v) is 7.90. The van der Waals surface area contributed by atoms with Crippen molar-refractivity contribution in [3.05, 3.63) is 30.4 Å². The lowest BCUT2D eigenvalue weighted by atomic mass is 10.1. The SMILES string of the molecule is N#CC[C@@H]1CC[C@H](n2c(CO)nc3cnc4cccnc4c32)C1. The van der Waals surface area contributed by atoms with Gasteiger partial charge in [-0.1, -0.05) is 0 Å². The highest BCUT2D eigenvalue weighted by Gasteiger charge is 2.29. The second kappa shape index (κ2) is 5.60. The molecule has 1 saturated carbocycles. The average Bonchev–Trinajstić information content (AvgIpc) is 3.18. The van der Waals surface area contributed by atoms with Crippen molar-refractivity contribution in [1.82, 2.24) is 19.5 Å². The van der Waals surface area contributed by atoms with Crippen molar-refractivity contribution >= 4 is 22.1 Å². The van der Waals surface area contributed by atoms with Gasteiger partial charge in [0.1, 0.15) is 23.5 Å². The summed E-state index contributed by atoms with van der Waals surface area (Å²) in [5.41, 5.74) is 3.37. The molecule has 4 rings (SSSR count). The molecule has 0 unspecified atom stereocenters. The summed E-state index contributed by atoms with van der Waals surface area (Å²) in [6.45, 7) is -0.109.